The summed E-state index contributed by atoms with van der Waals surface area (Å²) in [6.07, 6.45) is 5.15. The predicted octanol–water partition coefficient (Wildman–Crippen LogP) is 2.48. The first-order valence-electron chi connectivity index (χ1n) is 5.03. The van der Waals surface area contributed by atoms with Gasteiger partial charge < -0.3 is 0 Å². The van der Waals surface area contributed by atoms with Crippen LogP contribution >= 0.6 is 0 Å². The molecular weight excluding hydrogens is 239 g/mol. The van der Waals surface area contributed by atoms with Gasteiger partial charge in [-0.2, -0.15) is 0 Å². The molecule has 0 unspecified atom stereocenters. The van der Waals surface area contributed by atoms with E-state index < -0.39 is 0 Å². The van der Waals surface area contributed by atoms with Gasteiger partial charge in [0.15, 0.2) is 0 Å². The molecular formula is C12H15OSe-. The Morgan fingerprint density at radius 1 is 1.07 bits per heavy atom. The van der Waals surface area contributed by atoms with Crippen LogP contribution in [0.25, 0.3) is 0 Å². The minimum absolute atomic E-state index is 0.185. The summed E-state index contributed by atoms with van der Waals surface area (Å²) < 4.78 is 0.185. The summed E-state index contributed by atoms with van der Waals surface area (Å²) in [5.41, 5.74) is 1.39. The molecule has 1 rings (SSSR count). The zero-order valence-electron chi connectivity index (χ0n) is 8.24. The summed E-state index contributed by atoms with van der Waals surface area (Å²) in [5.74, 6) is 0. The number of carbonyl (C=O) groups is 1. The summed E-state index contributed by atoms with van der Waals surface area (Å²) in [5, 5.41) is 0. The fourth-order valence-corrected chi connectivity index (χ4v) is 1.72. The van der Waals surface area contributed by atoms with Crippen molar-refractivity contribution >= 4 is 20.7 Å². The fourth-order valence-electron chi connectivity index (χ4n) is 1.42. The predicted molar refractivity (Wildman–Crippen MR) is 59.4 cm³/mol. The average molecular weight is 254 g/mol. The molecule has 0 amide bonds. The molecule has 1 aromatic rings. The molecule has 0 atom stereocenters. The molecule has 0 aromatic heterocycles. The minimum atomic E-state index is 0.185. The van der Waals surface area contributed by atoms with Crippen molar-refractivity contribution in [3.8, 4) is 0 Å². The van der Waals surface area contributed by atoms with Crippen LogP contribution in [-0.2, 0) is 11.2 Å². The van der Waals surface area contributed by atoms with E-state index in [-0.39, 0.29) is 4.68 Å². The van der Waals surface area contributed by atoms with Gasteiger partial charge in [0.25, 0.3) is 0 Å². The molecule has 0 heterocycles. The number of carbonyl (C=O) groups excluding carboxylic acids is 1. The molecule has 0 saturated carbocycles. The van der Waals surface area contributed by atoms with E-state index in [9.17, 15) is 4.79 Å². The van der Waals surface area contributed by atoms with Gasteiger partial charge in [0.2, 0.25) is 0 Å². The first-order chi connectivity index (χ1) is 6.79. The Hall–Kier alpha value is -0.591. The number of rotatable bonds is 6. The van der Waals surface area contributed by atoms with Gasteiger partial charge in [-0.15, -0.1) is 0 Å². The molecule has 14 heavy (non-hydrogen) atoms. The molecule has 76 valence electrons. The normalized spacial score (nSPS) is 10.0. The molecule has 0 aliphatic heterocycles. The Kier molecular flexibility index (Phi) is 5.58. The Bertz CT molecular complexity index is 269. The molecule has 0 aliphatic rings. The Morgan fingerprint density at radius 2 is 1.79 bits per heavy atom. The third-order valence-electron chi connectivity index (χ3n) is 2.19. The zero-order chi connectivity index (χ0) is 10.2. The second kappa shape index (κ2) is 6.80. The van der Waals surface area contributed by atoms with Gasteiger partial charge in [-0.1, -0.05) is 0 Å². The first kappa shape index (κ1) is 11.5. The summed E-state index contributed by atoms with van der Waals surface area (Å²) in [4.78, 5) is 10.6. The van der Waals surface area contributed by atoms with E-state index in [0.717, 1.165) is 19.3 Å². The molecule has 0 radical (unpaired) electrons. The van der Waals surface area contributed by atoms with Gasteiger partial charge in [0, 0.05) is 0 Å². The second-order valence-electron chi connectivity index (χ2n) is 3.42. The van der Waals surface area contributed by atoms with Crippen LogP contribution in [0, 0.1) is 0 Å². The van der Waals surface area contributed by atoms with Crippen molar-refractivity contribution in [2.24, 2.45) is 0 Å². The van der Waals surface area contributed by atoms with E-state index in [0.29, 0.717) is 6.42 Å². The summed E-state index contributed by atoms with van der Waals surface area (Å²) >= 11 is 2.51. The number of aryl methyl sites for hydroxylation is 1. The SMILES string of the molecule is O=C([Se-])CCCCCc1ccccc1. The number of hydrogen-bond acceptors (Lipinski definition) is 1. The van der Waals surface area contributed by atoms with Crippen molar-refractivity contribution in [3.63, 3.8) is 0 Å². The fraction of sp³-hybridized carbons (Fsp3) is 0.417. The molecule has 0 saturated heterocycles. The third kappa shape index (κ3) is 5.21. The molecule has 1 aromatic carbocycles. The van der Waals surface area contributed by atoms with Crippen LogP contribution < -0.4 is 0 Å². The summed E-state index contributed by atoms with van der Waals surface area (Å²) in [6.45, 7) is 0. The third-order valence-corrected chi connectivity index (χ3v) is 2.62. The topological polar surface area (TPSA) is 17.1 Å². The Morgan fingerprint density at radius 3 is 2.43 bits per heavy atom. The van der Waals surface area contributed by atoms with Crippen LogP contribution in [0.5, 0.6) is 0 Å². The van der Waals surface area contributed by atoms with Crippen LogP contribution in [0.4, 0.5) is 0 Å². The summed E-state index contributed by atoms with van der Waals surface area (Å²) in [6, 6.07) is 10.5. The molecule has 0 fully saturated rings. The number of benzene rings is 1. The van der Waals surface area contributed by atoms with Gasteiger partial charge in [-0.25, -0.2) is 0 Å². The molecule has 1 nitrogen and oxygen atoms in total. The molecule has 0 bridgehead atoms. The van der Waals surface area contributed by atoms with Gasteiger partial charge in [0.05, 0.1) is 0 Å². The molecule has 0 spiro atoms. The van der Waals surface area contributed by atoms with Crippen molar-refractivity contribution < 1.29 is 4.79 Å². The van der Waals surface area contributed by atoms with Crippen molar-refractivity contribution in [2.45, 2.75) is 32.1 Å². The number of unbranched alkanes of at least 4 members (excludes halogenated alkanes) is 2. The van der Waals surface area contributed by atoms with Crippen LogP contribution in [0.2, 0.25) is 0 Å². The molecule has 0 aliphatic carbocycles. The number of hydrogen-bond donors (Lipinski definition) is 0. The first-order valence-corrected chi connectivity index (χ1v) is 5.88. The average Bonchev–Trinajstić information content (AvgIpc) is 2.18. The second-order valence-corrected chi connectivity index (χ2v) is 4.37. The van der Waals surface area contributed by atoms with E-state index in [1.165, 1.54) is 12.0 Å². The summed E-state index contributed by atoms with van der Waals surface area (Å²) in [7, 11) is 0. The van der Waals surface area contributed by atoms with E-state index in [1.54, 1.807) is 0 Å². The quantitative estimate of drug-likeness (QED) is 0.563. The van der Waals surface area contributed by atoms with E-state index in [1.807, 2.05) is 6.07 Å². The van der Waals surface area contributed by atoms with Crippen molar-refractivity contribution in [3.05, 3.63) is 35.9 Å². The van der Waals surface area contributed by atoms with Crippen LogP contribution in [-0.4, -0.2) is 20.7 Å². The van der Waals surface area contributed by atoms with Gasteiger partial charge in [0.1, 0.15) is 0 Å². The maximum atomic E-state index is 10.6. The molecule has 0 N–H and O–H groups in total. The van der Waals surface area contributed by atoms with Crippen molar-refractivity contribution in [2.75, 3.05) is 0 Å². The monoisotopic (exact) mass is 255 g/mol. The van der Waals surface area contributed by atoms with Crippen LogP contribution in [0.3, 0.4) is 0 Å². The Balaban J connectivity index is 2.08. The van der Waals surface area contributed by atoms with Crippen LogP contribution in [0.15, 0.2) is 30.3 Å². The Labute approximate surface area is 93.7 Å². The molecule has 2 heteroatoms. The van der Waals surface area contributed by atoms with E-state index >= 15 is 0 Å². The standard InChI is InChI=1S/C12H16OSe/c13-12(14)10-6-2-5-9-11-7-3-1-4-8-11/h1,3-4,7-8H,2,5-6,9-10H2,(H,13,14)/p-1. The van der Waals surface area contributed by atoms with Crippen molar-refractivity contribution in [1.82, 2.24) is 0 Å². The van der Waals surface area contributed by atoms with E-state index in [4.69, 9.17) is 0 Å². The van der Waals surface area contributed by atoms with Gasteiger partial charge >= 0.3 is 93.5 Å². The zero-order valence-corrected chi connectivity index (χ0v) is 9.95. The van der Waals surface area contributed by atoms with Gasteiger partial charge in [-0.3, -0.25) is 0 Å². The van der Waals surface area contributed by atoms with Crippen LogP contribution in [0.1, 0.15) is 31.2 Å². The maximum absolute atomic E-state index is 10.6. The van der Waals surface area contributed by atoms with Gasteiger partial charge in [-0.05, 0) is 0 Å². The van der Waals surface area contributed by atoms with E-state index in [2.05, 4.69) is 40.3 Å². The van der Waals surface area contributed by atoms with Crippen molar-refractivity contribution in [1.29, 1.82) is 0 Å².